The molecule has 4 atom stereocenters. The number of rotatable bonds is 13. The minimum Gasteiger partial charge on any atom is -0.506 e. The number of hydrogen-bond donors (Lipinski definition) is 5. The van der Waals surface area contributed by atoms with Crippen molar-refractivity contribution in [3.63, 3.8) is 0 Å². The Morgan fingerprint density at radius 2 is 0.978 bits per heavy atom. The molecule has 4 aromatic carbocycles. The van der Waals surface area contributed by atoms with E-state index in [1.54, 1.807) is 0 Å². The molecule has 0 radical (unpaired) electrons. The number of Topliss-reactive ketones (excluding diaryl/α,β-unsaturated/α-hetero) is 3. The van der Waals surface area contributed by atoms with Crippen LogP contribution in [0, 0.1) is 67.1 Å². The van der Waals surface area contributed by atoms with Crippen molar-refractivity contribution < 1.29 is 29.7 Å². The van der Waals surface area contributed by atoms with Crippen molar-refractivity contribution >= 4 is 78.1 Å². The molecular formula is C80H90N4O6. The highest BCUT2D eigenvalue weighted by molar-refractivity contribution is 6.53. The summed E-state index contributed by atoms with van der Waals surface area (Å²) in [6, 6.07) is 24.0. The predicted octanol–water partition coefficient (Wildman–Crippen LogP) is 16.3. The molecule has 0 bridgehead atoms. The number of benzene rings is 4. The van der Waals surface area contributed by atoms with Crippen LogP contribution in [0.25, 0.3) is 60.5 Å². The third-order valence-electron chi connectivity index (χ3n) is 21.2. The summed E-state index contributed by atoms with van der Waals surface area (Å²) in [5.41, 5.74) is 10.5. The normalized spacial score (nSPS) is 23.9. The molecular weight excluding hydrogens is 1110 g/mol. The van der Waals surface area contributed by atoms with E-state index >= 15 is 14.4 Å². The van der Waals surface area contributed by atoms with E-state index in [1.165, 1.54) is 17.6 Å². The van der Waals surface area contributed by atoms with Gasteiger partial charge in [-0.15, -0.1) is 0 Å². The van der Waals surface area contributed by atoms with Crippen molar-refractivity contribution in [1.82, 2.24) is 0 Å². The number of carbonyl (C=O) groups is 3. The predicted molar refractivity (Wildman–Crippen MR) is 366 cm³/mol. The maximum absolute atomic E-state index is 15.7. The van der Waals surface area contributed by atoms with Gasteiger partial charge in [0.05, 0.1) is 55.5 Å². The van der Waals surface area contributed by atoms with Crippen LogP contribution in [0.5, 0.6) is 0 Å². The molecule has 0 spiro atoms. The minimum atomic E-state index is -0.889. The standard InChI is InChI=1S/C80H90N4O6/c1-37(2)33-79(34-38(3)4)81-69-51(25-21-47-23-27-53(71(83-79)61(47)69)65-75(87)67(76(65)88)57-29-45(15)55-31-49(41(9)10)19-17-43(13)59(55)57)63-73(85)64(74(63)86)52-26-22-48-24-28-54(72-62(48)70(52)82-80(84-72,35-39(5)6)36-40(7)8)66-77(89)68(78(66)90)58-30-46(16)56-32-50(42(11)12)20-18-44(14)60(56)58/h17,19,21-31,37-42,44,50,56,60,81,84-85,87,89H,18,20,32-36H2,1-16H3/b64-52-,65-53-,68-58-. The number of fused-ring (bicyclic) bond motifs is 2. The fourth-order valence-electron chi connectivity index (χ4n) is 17.4. The minimum absolute atomic E-state index is 0.0327. The SMILES string of the molecule is CC1=C/C(=C2/C(=O)C(c3ccc4cc/c(=C5/C(=O)C(c6ccc7cc/c(=C8/C(=O)C(c9cc(C)c%10cc(C(C)C)ccc(C)c9-%10)=C8O)c8c7c6NC(CC(C)C)(CC(C)C)N=8)=C5O)c5c4c3NC(CC(C)C)(CC(C)C)N=5)=C2O)C2C(C)CCC(C(C)C)CC12. The second kappa shape index (κ2) is 21.9. The highest BCUT2D eigenvalue weighted by atomic mass is 16.3. The molecule has 0 amide bonds. The quantitative estimate of drug-likeness (QED) is 0.0715. The number of aliphatic hydroxyl groups excluding tert-OH is 3. The maximum Gasteiger partial charge on any atom is 0.201 e. The molecule has 13 rings (SSSR count). The van der Waals surface area contributed by atoms with E-state index in [2.05, 4.69) is 146 Å². The maximum atomic E-state index is 15.7. The van der Waals surface area contributed by atoms with Crippen LogP contribution in [0.3, 0.4) is 0 Å². The first-order chi connectivity index (χ1) is 42.6. The van der Waals surface area contributed by atoms with Gasteiger partial charge in [0.2, 0.25) is 17.3 Å². The summed E-state index contributed by atoms with van der Waals surface area (Å²) < 4.78 is 0. The van der Waals surface area contributed by atoms with Gasteiger partial charge >= 0.3 is 0 Å². The van der Waals surface area contributed by atoms with Crippen molar-refractivity contribution in [1.29, 1.82) is 0 Å². The van der Waals surface area contributed by atoms with Gasteiger partial charge < -0.3 is 26.0 Å². The Morgan fingerprint density at radius 3 is 1.42 bits per heavy atom. The molecule has 9 aliphatic rings. The first kappa shape index (κ1) is 61.0. The number of ketones is 3. The molecule has 10 nitrogen and oxygen atoms in total. The van der Waals surface area contributed by atoms with Gasteiger partial charge in [0, 0.05) is 32.3 Å². The highest BCUT2D eigenvalue weighted by Crippen LogP contribution is 2.55. The number of nitrogens with zero attached hydrogens (tertiary/aromatic N) is 2. The molecule has 2 aliphatic heterocycles. The van der Waals surface area contributed by atoms with Crippen LogP contribution in [-0.2, 0) is 14.4 Å². The molecule has 5 N–H and O–H groups in total. The zero-order chi connectivity index (χ0) is 64.2. The van der Waals surface area contributed by atoms with Crippen LogP contribution in [0.1, 0.15) is 181 Å². The Kier molecular flexibility index (Phi) is 14.9. The first-order valence-electron chi connectivity index (χ1n) is 33.5. The summed E-state index contributed by atoms with van der Waals surface area (Å²) in [6.07, 6.45) is 8.06. The van der Waals surface area contributed by atoms with Crippen LogP contribution in [-0.4, -0.2) is 44.0 Å². The molecule has 2 heterocycles. The van der Waals surface area contributed by atoms with E-state index in [9.17, 15) is 15.3 Å². The fraction of sp³-hybridized carbons (Fsp3) is 0.438. The lowest BCUT2D eigenvalue weighted by Gasteiger charge is -2.40. The topological polar surface area (TPSA) is 161 Å². The average Bonchev–Trinajstić information content (AvgIpc) is 0.768. The molecule has 4 unspecified atom stereocenters. The third-order valence-corrected chi connectivity index (χ3v) is 21.2. The van der Waals surface area contributed by atoms with Crippen molar-refractivity contribution in [3.8, 4) is 11.1 Å². The van der Waals surface area contributed by atoms with Crippen molar-refractivity contribution in [2.75, 3.05) is 10.6 Å². The monoisotopic (exact) mass is 1200 g/mol. The number of nitrogens with one attached hydrogen (secondary N) is 2. The third kappa shape index (κ3) is 9.48. The molecule has 0 aromatic heterocycles. The molecule has 1 fully saturated rings. The van der Waals surface area contributed by atoms with Gasteiger partial charge in [-0.1, -0.05) is 168 Å². The van der Waals surface area contributed by atoms with Crippen LogP contribution in [0.2, 0.25) is 0 Å². The molecule has 90 heavy (non-hydrogen) atoms. The Hall–Kier alpha value is -7.85. The molecule has 4 aromatic rings. The van der Waals surface area contributed by atoms with Crippen molar-refractivity contribution in [2.45, 2.75) is 173 Å². The number of anilines is 2. The Morgan fingerprint density at radius 1 is 0.522 bits per heavy atom. The van der Waals surface area contributed by atoms with E-state index in [0.717, 1.165) is 62.4 Å². The van der Waals surface area contributed by atoms with Gasteiger partial charge in [-0.05, 0) is 181 Å². The summed E-state index contributed by atoms with van der Waals surface area (Å²) in [6.45, 7) is 35.0. The van der Waals surface area contributed by atoms with Crippen LogP contribution < -0.4 is 31.8 Å². The molecule has 10 heteroatoms. The van der Waals surface area contributed by atoms with Gasteiger partial charge in [0.25, 0.3) is 0 Å². The zero-order valence-corrected chi connectivity index (χ0v) is 55.7. The second-order valence-corrected chi connectivity index (χ2v) is 30.4. The van der Waals surface area contributed by atoms with E-state index in [-0.39, 0.29) is 86.5 Å². The lowest BCUT2D eigenvalue weighted by atomic mass is 9.72. The van der Waals surface area contributed by atoms with E-state index < -0.39 is 11.3 Å². The average molecular weight is 1200 g/mol. The number of hydrogen-bond acceptors (Lipinski definition) is 10. The Labute approximate surface area is 530 Å². The second-order valence-electron chi connectivity index (χ2n) is 30.4. The molecule has 0 saturated heterocycles. The van der Waals surface area contributed by atoms with Crippen LogP contribution in [0.15, 0.2) is 123 Å². The lowest BCUT2D eigenvalue weighted by molar-refractivity contribution is -0.112. The number of aryl methyl sites for hydroxylation is 2. The summed E-state index contributed by atoms with van der Waals surface area (Å²) in [4.78, 5) is 57.1. The van der Waals surface area contributed by atoms with E-state index in [4.69, 9.17) is 9.98 Å². The summed E-state index contributed by atoms with van der Waals surface area (Å²) in [7, 11) is 0. The van der Waals surface area contributed by atoms with Gasteiger partial charge in [-0.2, -0.15) is 0 Å². The smallest absolute Gasteiger partial charge is 0.201 e. The van der Waals surface area contributed by atoms with Gasteiger partial charge in [0.15, 0.2) is 0 Å². The fourth-order valence-corrected chi connectivity index (χ4v) is 17.4. The van der Waals surface area contributed by atoms with E-state index in [0.29, 0.717) is 115 Å². The van der Waals surface area contributed by atoms with Crippen molar-refractivity contribution in [2.24, 2.45) is 63.2 Å². The van der Waals surface area contributed by atoms with Gasteiger partial charge in [-0.3, -0.25) is 24.4 Å². The summed E-state index contributed by atoms with van der Waals surface area (Å²) in [5, 5.41) is 50.9. The zero-order valence-electron chi connectivity index (χ0n) is 55.7. The molecule has 7 aliphatic carbocycles. The van der Waals surface area contributed by atoms with Crippen LogP contribution in [0.4, 0.5) is 11.4 Å². The first-order valence-corrected chi connectivity index (χ1v) is 33.5. The highest BCUT2D eigenvalue weighted by Gasteiger charge is 2.48. The molecule has 466 valence electrons. The molecule has 1 saturated carbocycles. The largest absolute Gasteiger partial charge is 0.506 e. The summed E-state index contributed by atoms with van der Waals surface area (Å²) >= 11 is 0. The van der Waals surface area contributed by atoms with Crippen molar-refractivity contribution in [3.05, 3.63) is 167 Å². The lowest BCUT2D eigenvalue weighted by Crippen LogP contribution is -2.48. The van der Waals surface area contributed by atoms with Gasteiger partial charge in [0.1, 0.15) is 28.6 Å². The number of aliphatic hydroxyl groups is 3. The Bertz CT molecular complexity index is 4570. The summed E-state index contributed by atoms with van der Waals surface area (Å²) in [5.74, 6) is 2.17. The number of carbonyl (C=O) groups excluding carboxylic acids is 3. The Balaban J connectivity index is 1.01. The van der Waals surface area contributed by atoms with Crippen LogP contribution >= 0.6 is 0 Å². The van der Waals surface area contributed by atoms with E-state index in [1.807, 2.05) is 54.6 Å². The number of allylic oxidation sites excluding steroid dienone is 9. The van der Waals surface area contributed by atoms with Gasteiger partial charge in [-0.25, -0.2) is 0 Å².